The maximum atomic E-state index is 12.5. The van der Waals surface area contributed by atoms with Gasteiger partial charge in [-0.3, -0.25) is 10.3 Å². The Hall–Kier alpha value is -3.30. The number of carbonyl (C=O) groups excluding carboxylic acids is 1. The molecule has 0 bridgehead atoms. The van der Waals surface area contributed by atoms with Crippen molar-refractivity contribution in [2.45, 2.75) is 19.8 Å². The molecule has 0 fully saturated rings. The van der Waals surface area contributed by atoms with Crippen LogP contribution in [0.3, 0.4) is 0 Å². The molecule has 0 radical (unpaired) electrons. The van der Waals surface area contributed by atoms with Crippen molar-refractivity contribution < 1.29 is 14.3 Å². The smallest absolute Gasteiger partial charge is 0.323 e. The van der Waals surface area contributed by atoms with Gasteiger partial charge in [0.1, 0.15) is 5.82 Å². The Morgan fingerprint density at radius 1 is 1.29 bits per heavy atom. The molecule has 0 aromatic carbocycles. The first-order valence-electron chi connectivity index (χ1n) is 9.80. The lowest BCUT2D eigenvalue weighted by Crippen LogP contribution is -2.38. The number of pyridine rings is 2. The molecular formula is C21H21ClN6O3. The van der Waals surface area contributed by atoms with Gasteiger partial charge in [0, 0.05) is 31.9 Å². The predicted octanol–water partition coefficient (Wildman–Crippen LogP) is 3.34. The molecule has 3 aromatic heterocycles. The van der Waals surface area contributed by atoms with Crippen molar-refractivity contribution in [1.29, 1.82) is 0 Å². The molecule has 0 aliphatic carbocycles. The van der Waals surface area contributed by atoms with Crippen LogP contribution in [0.25, 0.3) is 17.0 Å². The molecule has 1 aliphatic rings. The quantitative estimate of drug-likeness (QED) is 0.624. The van der Waals surface area contributed by atoms with Crippen molar-refractivity contribution in [2.75, 3.05) is 25.0 Å². The van der Waals surface area contributed by atoms with E-state index in [-0.39, 0.29) is 12.6 Å². The predicted molar refractivity (Wildman–Crippen MR) is 115 cm³/mol. The fraction of sp³-hybridized carbons (Fsp3) is 0.286. The first kappa shape index (κ1) is 21.0. The van der Waals surface area contributed by atoms with Crippen molar-refractivity contribution >= 4 is 29.0 Å². The summed E-state index contributed by atoms with van der Waals surface area (Å²) in [6.07, 6.45) is 6.21. The van der Waals surface area contributed by atoms with Gasteiger partial charge in [0.2, 0.25) is 11.8 Å². The van der Waals surface area contributed by atoms with E-state index in [0.717, 1.165) is 11.1 Å². The Morgan fingerprint density at radius 3 is 2.84 bits per heavy atom. The lowest BCUT2D eigenvalue weighted by atomic mass is 10.0. The second-order valence-corrected chi connectivity index (χ2v) is 7.51. The molecule has 1 aliphatic heterocycles. The number of aryl methyl sites for hydroxylation is 1. The molecule has 4 rings (SSSR count). The molecule has 0 saturated heterocycles. The van der Waals surface area contributed by atoms with Crippen LogP contribution in [0.2, 0.25) is 5.02 Å². The summed E-state index contributed by atoms with van der Waals surface area (Å²) in [5.41, 5.74) is 3.28. The molecule has 0 spiro atoms. The van der Waals surface area contributed by atoms with E-state index in [9.17, 15) is 4.79 Å². The van der Waals surface area contributed by atoms with E-state index in [1.165, 1.54) is 0 Å². The molecule has 0 unspecified atom stereocenters. The second-order valence-electron chi connectivity index (χ2n) is 7.11. The molecule has 31 heavy (non-hydrogen) atoms. The van der Waals surface area contributed by atoms with Crippen LogP contribution in [0.1, 0.15) is 23.6 Å². The number of urea groups is 1. The van der Waals surface area contributed by atoms with Crippen LogP contribution in [0.4, 0.5) is 10.6 Å². The van der Waals surface area contributed by atoms with Gasteiger partial charge >= 0.3 is 6.03 Å². The number of nitrogens with zero attached hydrogens (tertiary/aromatic N) is 5. The maximum Gasteiger partial charge on any atom is 0.323 e. The Morgan fingerprint density at radius 2 is 2.16 bits per heavy atom. The third-order valence-corrected chi connectivity index (χ3v) is 5.12. The van der Waals surface area contributed by atoms with Gasteiger partial charge in [-0.25, -0.2) is 9.78 Å². The number of aromatic nitrogens is 4. The molecule has 9 nitrogen and oxygen atoms in total. The normalized spacial score (nSPS) is 13.8. The fourth-order valence-electron chi connectivity index (χ4n) is 3.16. The third kappa shape index (κ3) is 4.89. The average molecular weight is 441 g/mol. The van der Waals surface area contributed by atoms with E-state index in [0.29, 0.717) is 59.8 Å². The largest absolute Gasteiger partial charge is 0.421 e. The summed E-state index contributed by atoms with van der Waals surface area (Å²) in [6, 6.07) is 5.20. The number of halogens is 1. The molecule has 0 atom stereocenters. The minimum Gasteiger partial charge on any atom is -0.421 e. The van der Waals surface area contributed by atoms with Crippen LogP contribution in [0, 0.1) is 6.92 Å². The minimum absolute atomic E-state index is 0.0652. The van der Waals surface area contributed by atoms with Gasteiger partial charge in [-0.05, 0) is 36.6 Å². The van der Waals surface area contributed by atoms with E-state index in [1.54, 1.807) is 29.4 Å². The number of hydrogen-bond acceptors (Lipinski definition) is 7. The second kappa shape index (κ2) is 9.23. The number of nitrogens with one attached hydrogen (secondary N) is 1. The van der Waals surface area contributed by atoms with E-state index in [4.69, 9.17) is 21.1 Å². The highest BCUT2D eigenvalue weighted by molar-refractivity contribution is 6.32. The first-order valence-corrected chi connectivity index (χ1v) is 10.2. The maximum absolute atomic E-state index is 12.5. The SMILES string of the molecule is Cc1ccc(NC(=O)N2CC=C(c3ncc(-c4nnc(CCO)o4)cc3Cl)CC2)nc1. The van der Waals surface area contributed by atoms with Crippen LogP contribution in [-0.2, 0) is 6.42 Å². The summed E-state index contributed by atoms with van der Waals surface area (Å²) >= 11 is 6.47. The summed E-state index contributed by atoms with van der Waals surface area (Å²) in [7, 11) is 0. The number of hydrogen-bond donors (Lipinski definition) is 2. The van der Waals surface area contributed by atoms with Gasteiger partial charge in [0.15, 0.2) is 0 Å². The van der Waals surface area contributed by atoms with Crippen molar-refractivity contribution in [2.24, 2.45) is 0 Å². The molecule has 0 saturated carbocycles. The standard InChI is InChI=1S/C21H21ClN6O3/c1-13-2-3-17(23-11-13)25-21(30)28-7-4-14(5-8-28)19-16(22)10-15(12-24-19)20-27-26-18(31-20)6-9-29/h2-4,10-12,29H,5-9H2,1H3,(H,23,25,30). The number of rotatable bonds is 5. The first-order chi connectivity index (χ1) is 15.0. The van der Waals surface area contributed by atoms with Crippen LogP contribution >= 0.6 is 11.6 Å². The minimum atomic E-state index is -0.198. The van der Waals surface area contributed by atoms with Gasteiger partial charge in [0.05, 0.1) is 22.9 Å². The lowest BCUT2D eigenvalue weighted by molar-refractivity contribution is 0.217. The van der Waals surface area contributed by atoms with E-state index in [1.807, 2.05) is 19.1 Å². The monoisotopic (exact) mass is 440 g/mol. The average Bonchev–Trinajstić information content (AvgIpc) is 3.24. The van der Waals surface area contributed by atoms with Crippen molar-refractivity contribution in [3.05, 3.63) is 58.8 Å². The van der Waals surface area contributed by atoms with Gasteiger partial charge in [-0.1, -0.05) is 23.7 Å². The summed E-state index contributed by atoms with van der Waals surface area (Å²) in [5.74, 6) is 1.18. The highest BCUT2D eigenvalue weighted by atomic mass is 35.5. The van der Waals surface area contributed by atoms with Crippen molar-refractivity contribution in [1.82, 2.24) is 25.1 Å². The van der Waals surface area contributed by atoms with Gasteiger partial charge in [-0.2, -0.15) is 0 Å². The van der Waals surface area contributed by atoms with Gasteiger partial charge < -0.3 is 14.4 Å². The number of anilines is 1. The molecule has 2 amide bonds. The Labute approximate surface area is 183 Å². The Bertz CT molecular complexity index is 1110. The van der Waals surface area contributed by atoms with E-state index >= 15 is 0 Å². The molecule has 10 heteroatoms. The van der Waals surface area contributed by atoms with Crippen molar-refractivity contribution in [3.8, 4) is 11.5 Å². The number of carbonyl (C=O) groups is 1. The topological polar surface area (TPSA) is 117 Å². The van der Waals surface area contributed by atoms with Gasteiger partial charge in [0.25, 0.3) is 0 Å². The highest BCUT2D eigenvalue weighted by Crippen LogP contribution is 2.30. The fourth-order valence-corrected chi connectivity index (χ4v) is 3.44. The molecule has 3 aromatic rings. The van der Waals surface area contributed by atoms with E-state index < -0.39 is 0 Å². The Balaban J connectivity index is 1.42. The van der Waals surface area contributed by atoms with Gasteiger partial charge in [-0.15, -0.1) is 10.2 Å². The van der Waals surface area contributed by atoms with Crippen LogP contribution in [0.15, 0.2) is 41.1 Å². The summed E-state index contributed by atoms with van der Waals surface area (Å²) in [4.78, 5) is 22.9. The molecule has 2 N–H and O–H groups in total. The number of aliphatic hydroxyl groups excluding tert-OH is 1. The van der Waals surface area contributed by atoms with Crippen LogP contribution < -0.4 is 5.32 Å². The van der Waals surface area contributed by atoms with E-state index in [2.05, 4.69) is 25.5 Å². The molecule has 4 heterocycles. The van der Waals surface area contributed by atoms with Crippen molar-refractivity contribution in [3.63, 3.8) is 0 Å². The zero-order valence-electron chi connectivity index (χ0n) is 16.9. The zero-order chi connectivity index (χ0) is 21.8. The lowest BCUT2D eigenvalue weighted by Gasteiger charge is -2.26. The summed E-state index contributed by atoms with van der Waals surface area (Å²) in [5, 5.41) is 20.1. The third-order valence-electron chi connectivity index (χ3n) is 4.83. The zero-order valence-corrected chi connectivity index (χ0v) is 17.6. The highest BCUT2D eigenvalue weighted by Gasteiger charge is 2.21. The Kier molecular flexibility index (Phi) is 6.24. The number of amides is 2. The molecular weight excluding hydrogens is 420 g/mol. The summed E-state index contributed by atoms with van der Waals surface area (Å²) in [6.45, 7) is 2.86. The molecule has 160 valence electrons. The number of aliphatic hydroxyl groups is 1. The van der Waals surface area contributed by atoms with Crippen LogP contribution in [-0.4, -0.2) is 55.9 Å². The van der Waals surface area contributed by atoms with Crippen LogP contribution in [0.5, 0.6) is 0 Å². The summed E-state index contributed by atoms with van der Waals surface area (Å²) < 4.78 is 5.49.